The third-order valence-electron chi connectivity index (χ3n) is 2.94. The molecule has 0 amide bonds. The second-order valence-electron chi connectivity index (χ2n) is 5.14. The fourth-order valence-electron chi connectivity index (χ4n) is 0.895. The van der Waals surface area contributed by atoms with Gasteiger partial charge < -0.3 is 4.43 Å². The van der Waals surface area contributed by atoms with Gasteiger partial charge in [0.2, 0.25) is 0 Å². The number of hydrogen-bond donors (Lipinski definition) is 0. The van der Waals surface area contributed by atoms with Crippen molar-refractivity contribution in [1.29, 1.82) is 0 Å². The van der Waals surface area contributed by atoms with E-state index in [9.17, 15) is 0 Å². The van der Waals surface area contributed by atoms with Gasteiger partial charge in [-0.05, 0) is 29.5 Å². The fourth-order valence-corrected chi connectivity index (χ4v) is 2.59. The summed E-state index contributed by atoms with van der Waals surface area (Å²) >= 11 is 3.30. The first-order valence-corrected chi connectivity index (χ1v) is 9.01. The maximum absolute atomic E-state index is 6.21. The summed E-state index contributed by atoms with van der Waals surface area (Å²) in [6.45, 7) is 13.5. The zero-order chi connectivity index (χ0) is 11.4. The first kappa shape index (κ1) is 14.4. The Balaban J connectivity index is 4.47. The van der Waals surface area contributed by atoms with Gasteiger partial charge in [0.15, 0.2) is 8.32 Å². The monoisotopic (exact) mass is 278 g/mol. The molecule has 0 radical (unpaired) electrons. The van der Waals surface area contributed by atoms with Gasteiger partial charge in [0.05, 0.1) is 6.10 Å². The molecule has 1 nitrogen and oxygen atoms in total. The maximum Gasteiger partial charge on any atom is 0.192 e. The Bertz CT molecular complexity index is 194. The highest BCUT2D eigenvalue weighted by Gasteiger charge is 2.38. The summed E-state index contributed by atoms with van der Waals surface area (Å²) < 4.78 is 6.21. The van der Waals surface area contributed by atoms with E-state index >= 15 is 0 Å². The van der Waals surface area contributed by atoms with Crippen LogP contribution in [0.5, 0.6) is 0 Å². The first-order chi connectivity index (χ1) is 6.24. The van der Waals surface area contributed by atoms with Gasteiger partial charge in [-0.1, -0.05) is 49.7 Å². The molecule has 0 saturated heterocycles. The molecule has 84 valence electrons. The Morgan fingerprint density at radius 3 is 2.14 bits per heavy atom. The molecule has 3 heteroatoms. The van der Waals surface area contributed by atoms with E-state index in [2.05, 4.69) is 62.8 Å². The lowest BCUT2D eigenvalue weighted by atomic mass is 10.2. The molecule has 0 aromatic heterocycles. The van der Waals surface area contributed by atoms with E-state index < -0.39 is 8.32 Å². The van der Waals surface area contributed by atoms with Crippen LogP contribution < -0.4 is 0 Å². The largest absolute Gasteiger partial charge is 0.411 e. The highest BCUT2D eigenvalue weighted by atomic mass is 79.9. The third kappa shape index (κ3) is 4.28. The third-order valence-corrected chi connectivity index (χ3v) is 7.75. The zero-order valence-corrected chi connectivity index (χ0v) is 12.8. The van der Waals surface area contributed by atoms with Crippen LogP contribution in [0.3, 0.4) is 0 Å². The van der Waals surface area contributed by atoms with Crippen molar-refractivity contribution < 1.29 is 4.43 Å². The van der Waals surface area contributed by atoms with Gasteiger partial charge in [-0.25, -0.2) is 0 Å². The fraction of sp³-hybridized carbons (Fsp3) is 0.818. The van der Waals surface area contributed by atoms with E-state index in [0.717, 1.165) is 6.42 Å². The van der Waals surface area contributed by atoms with E-state index in [4.69, 9.17) is 4.43 Å². The minimum Gasteiger partial charge on any atom is -0.411 e. The lowest BCUT2D eigenvalue weighted by Crippen LogP contribution is -2.43. The van der Waals surface area contributed by atoms with Gasteiger partial charge in [0.25, 0.3) is 0 Å². The van der Waals surface area contributed by atoms with Crippen LogP contribution in [0.4, 0.5) is 0 Å². The normalized spacial score (nSPS) is 16.2. The van der Waals surface area contributed by atoms with Crippen molar-refractivity contribution in [1.82, 2.24) is 0 Å². The van der Waals surface area contributed by atoms with Crippen LogP contribution >= 0.6 is 15.9 Å². The summed E-state index contributed by atoms with van der Waals surface area (Å²) in [5.74, 6) is 0. The molecule has 0 fully saturated rings. The van der Waals surface area contributed by atoms with Gasteiger partial charge >= 0.3 is 0 Å². The quantitative estimate of drug-likeness (QED) is 0.678. The molecular formula is C11H23BrOSi. The van der Waals surface area contributed by atoms with Crippen LogP contribution in [-0.4, -0.2) is 14.4 Å². The molecule has 0 rings (SSSR count). The Kier molecular flexibility index (Phi) is 5.63. The minimum absolute atomic E-state index is 0.260. The van der Waals surface area contributed by atoms with Gasteiger partial charge in [-0.2, -0.15) is 0 Å². The Morgan fingerprint density at radius 2 is 1.86 bits per heavy atom. The summed E-state index contributed by atoms with van der Waals surface area (Å²) in [6, 6.07) is 0. The van der Waals surface area contributed by atoms with Gasteiger partial charge in [0.1, 0.15) is 0 Å². The summed E-state index contributed by atoms with van der Waals surface area (Å²) in [5.41, 5.74) is 0. The number of rotatable bonds is 4. The molecule has 0 N–H and O–H groups in total. The van der Waals surface area contributed by atoms with Crippen molar-refractivity contribution >= 4 is 24.2 Å². The molecule has 0 heterocycles. The van der Waals surface area contributed by atoms with Crippen molar-refractivity contribution in [3.63, 3.8) is 0 Å². The van der Waals surface area contributed by atoms with Crippen molar-refractivity contribution in [2.75, 3.05) is 0 Å². The standard InChI is InChI=1S/C11H23BrOSi/c1-7-10(8-9-12)13-14(5,6)11(2,3)4/h8-10H,7H2,1-6H3/b9-8+/t10-/m1/s1. The molecule has 1 atom stereocenters. The summed E-state index contributed by atoms with van der Waals surface area (Å²) in [6.07, 6.45) is 3.38. The van der Waals surface area contributed by atoms with Crippen molar-refractivity contribution in [3.8, 4) is 0 Å². The predicted octanol–water partition coefficient (Wildman–Crippen LogP) is 4.70. The maximum atomic E-state index is 6.21. The van der Waals surface area contributed by atoms with Crippen LogP contribution in [0.1, 0.15) is 34.1 Å². The molecule has 0 saturated carbocycles. The van der Waals surface area contributed by atoms with Crippen molar-refractivity contribution in [2.24, 2.45) is 0 Å². The molecule has 14 heavy (non-hydrogen) atoms. The lowest BCUT2D eigenvalue weighted by molar-refractivity contribution is 0.221. The van der Waals surface area contributed by atoms with Crippen LogP contribution in [0.15, 0.2) is 11.1 Å². The summed E-state index contributed by atoms with van der Waals surface area (Å²) in [4.78, 5) is 1.90. The molecular weight excluding hydrogens is 256 g/mol. The second kappa shape index (κ2) is 5.47. The zero-order valence-electron chi connectivity index (χ0n) is 10.2. The van der Waals surface area contributed by atoms with E-state index in [1.807, 2.05) is 4.99 Å². The Hall–Kier alpha value is 0.397. The minimum atomic E-state index is -1.60. The molecule has 0 aromatic rings. The van der Waals surface area contributed by atoms with Crippen LogP contribution in [0, 0.1) is 0 Å². The smallest absolute Gasteiger partial charge is 0.192 e. The molecule has 0 spiro atoms. The van der Waals surface area contributed by atoms with E-state index in [1.54, 1.807) is 0 Å². The highest BCUT2D eigenvalue weighted by molar-refractivity contribution is 9.11. The Morgan fingerprint density at radius 1 is 1.36 bits per heavy atom. The first-order valence-electron chi connectivity index (χ1n) is 5.19. The Labute approximate surface area is 98.2 Å². The van der Waals surface area contributed by atoms with E-state index in [-0.39, 0.29) is 6.10 Å². The van der Waals surface area contributed by atoms with Crippen LogP contribution in [0.2, 0.25) is 18.1 Å². The van der Waals surface area contributed by atoms with Crippen molar-refractivity contribution in [2.45, 2.75) is 58.4 Å². The molecule has 0 aliphatic carbocycles. The average molecular weight is 279 g/mol. The predicted molar refractivity (Wildman–Crippen MR) is 70.4 cm³/mol. The van der Waals surface area contributed by atoms with E-state index in [1.165, 1.54) is 0 Å². The SMILES string of the molecule is CC[C@H](/C=C/Br)O[Si](C)(C)C(C)(C)C. The molecule has 0 aliphatic rings. The van der Waals surface area contributed by atoms with Gasteiger partial charge in [-0.15, -0.1) is 0 Å². The molecule has 0 aliphatic heterocycles. The molecule has 0 aromatic carbocycles. The summed E-state index contributed by atoms with van der Waals surface area (Å²) in [7, 11) is -1.60. The second-order valence-corrected chi connectivity index (χ2v) is 10.4. The van der Waals surface area contributed by atoms with Crippen LogP contribution in [-0.2, 0) is 4.43 Å². The number of hydrogen-bond acceptors (Lipinski definition) is 1. The number of halogens is 1. The molecule has 0 bridgehead atoms. The van der Waals surface area contributed by atoms with Crippen LogP contribution in [0.25, 0.3) is 0 Å². The van der Waals surface area contributed by atoms with Gasteiger partial charge in [0, 0.05) is 0 Å². The van der Waals surface area contributed by atoms with E-state index in [0.29, 0.717) is 5.04 Å². The molecule has 0 unspecified atom stereocenters. The van der Waals surface area contributed by atoms with Gasteiger partial charge in [-0.3, -0.25) is 0 Å². The average Bonchev–Trinajstić information content (AvgIpc) is 2.01. The summed E-state index contributed by atoms with van der Waals surface area (Å²) in [5, 5.41) is 0.292. The lowest BCUT2D eigenvalue weighted by Gasteiger charge is -2.38. The highest BCUT2D eigenvalue weighted by Crippen LogP contribution is 2.37. The van der Waals surface area contributed by atoms with Crippen molar-refractivity contribution in [3.05, 3.63) is 11.1 Å². The topological polar surface area (TPSA) is 9.23 Å².